The molecule has 0 radical (unpaired) electrons. The molecule has 1 heterocycles. The number of nitrogens with zero attached hydrogens (tertiary/aromatic N) is 1. The lowest BCUT2D eigenvalue weighted by molar-refractivity contribution is 0.415. The van der Waals surface area contributed by atoms with Crippen LogP contribution >= 0.6 is 0 Å². The van der Waals surface area contributed by atoms with Crippen molar-refractivity contribution in [1.29, 1.82) is 0 Å². The first kappa shape index (κ1) is 23.4. The first-order valence-electron chi connectivity index (χ1n) is 12.2. The molecule has 0 aliphatic carbocycles. The van der Waals surface area contributed by atoms with Gasteiger partial charge < -0.3 is 4.74 Å². The predicted octanol–water partition coefficient (Wildman–Crippen LogP) is 6.45. The Bertz CT molecular complexity index is 1410. The maximum atomic E-state index is 5.31. The van der Waals surface area contributed by atoms with Crippen molar-refractivity contribution in [2.75, 3.05) is 7.11 Å². The highest BCUT2D eigenvalue weighted by atomic mass is 16.5. The molecule has 36 heavy (non-hydrogen) atoms. The van der Waals surface area contributed by atoms with E-state index in [2.05, 4.69) is 122 Å². The SMILES string of the molecule is COc1ccc(-c2cnc(C=C(B(c3ccccc3)c3ccccc3)c3ccccc3)c(C)c2)cc1. The van der Waals surface area contributed by atoms with Crippen molar-refractivity contribution in [2.45, 2.75) is 6.92 Å². The molecule has 0 unspecified atom stereocenters. The minimum Gasteiger partial charge on any atom is -0.497 e. The third-order valence-corrected chi connectivity index (χ3v) is 6.52. The highest BCUT2D eigenvalue weighted by Gasteiger charge is 2.25. The number of rotatable bonds is 7. The second-order valence-electron chi connectivity index (χ2n) is 8.87. The van der Waals surface area contributed by atoms with E-state index in [1.165, 1.54) is 22.0 Å². The second kappa shape index (κ2) is 10.9. The molecule has 5 aromatic rings. The molecule has 0 amide bonds. The minimum absolute atomic E-state index is 0.0808. The van der Waals surface area contributed by atoms with Crippen molar-refractivity contribution in [3.8, 4) is 16.9 Å². The van der Waals surface area contributed by atoms with E-state index in [1.807, 2.05) is 18.3 Å². The number of benzene rings is 4. The maximum absolute atomic E-state index is 5.31. The zero-order valence-electron chi connectivity index (χ0n) is 20.6. The Balaban J connectivity index is 1.63. The van der Waals surface area contributed by atoms with Crippen LogP contribution in [0.25, 0.3) is 22.7 Å². The van der Waals surface area contributed by atoms with Gasteiger partial charge in [-0.3, -0.25) is 4.98 Å². The van der Waals surface area contributed by atoms with Gasteiger partial charge in [0, 0.05) is 11.8 Å². The number of aryl methyl sites for hydroxylation is 1. The first-order valence-corrected chi connectivity index (χ1v) is 12.2. The number of hydrogen-bond donors (Lipinski definition) is 0. The van der Waals surface area contributed by atoms with E-state index in [9.17, 15) is 0 Å². The summed E-state index contributed by atoms with van der Waals surface area (Å²) >= 11 is 0. The summed E-state index contributed by atoms with van der Waals surface area (Å²) < 4.78 is 5.31. The largest absolute Gasteiger partial charge is 0.497 e. The van der Waals surface area contributed by atoms with E-state index in [0.29, 0.717) is 0 Å². The summed E-state index contributed by atoms with van der Waals surface area (Å²) in [5.74, 6) is 0.850. The van der Waals surface area contributed by atoms with Crippen molar-refractivity contribution in [2.24, 2.45) is 0 Å². The van der Waals surface area contributed by atoms with E-state index in [0.717, 1.165) is 28.1 Å². The molecule has 5 rings (SSSR count). The lowest BCUT2D eigenvalue weighted by atomic mass is 9.35. The Morgan fingerprint density at radius 2 is 1.25 bits per heavy atom. The smallest absolute Gasteiger partial charge is 0.242 e. The number of hydrogen-bond acceptors (Lipinski definition) is 2. The number of aromatic nitrogens is 1. The first-order chi connectivity index (χ1) is 17.7. The van der Waals surface area contributed by atoms with Crippen LogP contribution in [0.15, 0.2) is 128 Å². The topological polar surface area (TPSA) is 22.1 Å². The summed E-state index contributed by atoms with van der Waals surface area (Å²) in [5, 5.41) is 0. The molecule has 2 nitrogen and oxygen atoms in total. The van der Waals surface area contributed by atoms with Gasteiger partial charge >= 0.3 is 0 Å². The molecule has 0 bridgehead atoms. The van der Waals surface area contributed by atoms with Crippen LogP contribution in [-0.2, 0) is 0 Å². The lowest BCUT2D eigenvalue weighted by Gasteiger charge is -2.20. The van der Waals surface area contributed by atoms with Gasteiger partial charge in [-0.15, -0.1) is 0 Å². The highest BCUT2D eigenvalue weighted by molar-refractivity contribution is 7.00. The number of pyridine rings is 1. The predicted molar refractivity (Wildman–Crippen MR) is 153 cm³/mol. The lowest BCUT2D eigenvalue weighted by Crippen LogP contribution is -2.43. The summed E-state index contributed by atoms with van der Waals surface area (Å²) in [5.41, 5.74) is 9.25. The summed E-state index contributed by atoms with van der Waals surface area (Å²) in [6, 6.07) is 42.4. The zero-order valence-corrected chi connectivity index (χ0v) is 20.6. The average Bonchev–Trinajstić information content (AvgIpc) is 2.95. The third kappa shape index (κ3) is 5.16. The Kier molecular flexibility index (Phi) is 7.09. The second-order valence-corrected chi connectivity index (χ2v) is 8.87. The molecule has 0 saturated heterocycles. The van der Waals surface area contributed by atoms with Gasteiger partial charge in [0.2, 0.25) is 6.71 Å². The van der Waals surface area contributed by atoms with Crippen LogP contribution in [0.3, 0.4) is 0 Å². The van der Waals surface area contributed by atoms with Crippen LogP contribution in [0.4, 0.5) is 0 Å². The molecule has 0 spiro atoms. The minimum atomic E-state index is 0.0808. The van der Waals surface area contributed by atoms with Crippen LogP contribution in [-0.4, -0.2) is 18.8 Å². The summed E-state index contributed by atoms with van der Waals surface area (Å²) in [6.07, 6.45) is 4.22. The molecule has 0 saturated carbocycles. The van der Waals surface area contributed by atoms with E-state index in [4.69, 9.17) is 9.72 Å². The van der Waals surface area contributed by atoms with Crippen LogP contribution < -0.4 is 15.7 Å². The fourth-order valence-electron chi connectivity index (χ4n) is 4.63. The van der Waals surface area contributed by atoms with Gasteiger partial charge in [0.05, 0.1) is 12.8 Å². The normalized spacial score (nSPS) is 11.2. The standard InChI is InChI=1S/C33H28BNO/c1-25-22-28(26-18-20-31(36-2)21-19-26)24-35-33(25)23-32(27-12-6-3-7-13-27)34(29-14-8-4-9-15-29)30-16-10-5-11-17-30/h3-24H,1-2H3. The van der Waals surface area contributed by atoms with Crippen LogP contribution in [0.1, 0.15) is 16.8 Å². The molecule has 0 fully saturated rings. The zero-order chi connectivity index (χ0) is 24.7. The average molecular weight is 465 g/mol. The van der Waals surface area contributed by atoms with E-state index < -0.39 is 0 Å². The molecule has 174 valence electrons. The van der Waals surface area contributed by atoms with E-state index in [-0.39, 0.29) is 6.71 Å². The molecule has 1 aromatic heterocycles. The Labute approximate surface area is 214 Å². The van der Waals surface area contributed by atoms with Crippen LogP contribution in [0, 0.1) is 6.92 Å². The summed E-state index contributed by atoms with van der Waals surface area (Å²) in [7, 11) is 1.68. The van der Waals surface area contributed by atoms with E-state index in [1.54, 1.807) is 7.11 Å². The molecule has 0 aliphatic heterocycles. The van der Waals surface area contributed by atoms with Crippen molar-refractivity contribution < 1.29 is 4.74 Å². The number of methoxy groups -OCH3 is 1. The van der Waals surface area contributed by atoms with Crippen LogP contribution in [0.2, 0.25) is 0 Å². The monoisotopic (exact) mass is 465 g/mol. The van der Waals surface area contributed by atoms with Crippen molar-refractivity contribution in [3.63, 3.8) is 0 Å². The highest BCUT2D eigenvalue weighted by Crippen LogP contribution is 2.26. The van der Waals surface area contributed by atoms with Gasteiger partial charge in [-0.25, -0.2) is 0 Å². The van der Waals surface area contributed by atoms with Gasteiger partial charge in [-0.2, -0.15) is 0 Å². The van der Waals surface area contributed by atoms with Crippen LogP contribution in [0.5, 0.6) is 5.75 Å². The van der Waals surface area contributed by atoms with Gasteiger partial charge in [-0.05, 0) is 47.9 Å². The van der Waals surface area contributed by atoms with Gasteiger partial charge in [0.25, 0.3) is 0 Å². The van der Waals surface area contributed by atoms with E-state index >= 15 is 0 Å². The third-order valence-electron chi connectivity index (χ3n) is 6.52. The maximum Gasteiger partial charge on any atom is 0.242 e. The fourth-order valence-corrected chi connectivity index (χ4v) is 4.63. The van der Waals surface area contributed by atoms with Gasteiger partial charge in [-0.1, -0.05) is 120 Å². The molecule has 4 aromatic carbocycles. The van der Waals surface area contributed by atoms with Gasteiger partial charge in [0.15, 0.2) is 0 Å². The van der Waals surface area contributed by atoms with Crippen molar-refractivity contribution in [3.05, 3.63) is 144 Å². The van der Waals surface area contributed by atoms with Crippen molar-refractivity contribution >= 4 is 29.2 Å². The number of ether oxygens (including phenoxy) is 1. The Hall–Kier alpha value is -4.37. The Morgan fingerprint density at radius 3 is 1.78 bits per heavy atom. The quantitative estimate of drug-likeness (QED) is 0.258. The summed E-state index contributed by atoms with van der Waals surface area (Å²) in [4.78, 5) is 4.92. The van der Waals surface area contributed by atoms with Crippen molar-refractivity contribution in [1.82, 2.24) is 4.98 Å². The molecular formula is C33H28BNO. The molecule has 3 heteroatoms. The Morgan fingerprint density at radius 1 is 0.694 bits per heavy atom. The summed E-state index contributed by atoms with van der Waals surface area (Å²) in [6.45, 7) is 2.21. The molecular weight excluding hydrogens is 437 g/mol. The molecule has 0 N–H and O–H groups in total. The molecule has 0 atom stereocenters. The van der Waals surface area contributed by atoms with Gasteiger partial charge in [0.1, 0.15) is 5.75 Å². The molecule has 0 aliphatic rings. The fraction of sp³-hybridized carbons (Fsp3) is 0.0606.